The molecule has 0 heterocycles. The maximum atomic E-state index is 12.4. The van der Waals surface area contributed by atoms with E-state index in [9.17, 15) is 14.7 Å². The van der Waals surface area contributed by atoms with Crippen LogP contribution in [0.3, 0.4) is 0 Å². The highest BCUT2D eigenvalue weighted by Crippen LogP contribution is 2.25. The zero-order valence-corrected chi connectivity index (χ0v) is 13.4. The molecule has 1 aromatic rings. The minimum absolute atomic E-state index is 0.0507. The fourth-order valence-electron chi connectivity index (χ4n) is 3.28. The summed E-state index contributed by atoms with van der Waals surface area (Å²) >= 11 is 0. The number of carboxylic acid groups (broad SMARTS) is 1. The number of carboxylic acids is 1. The van der Waals surface area contributed by atoms with Gasteiger partial charge in [-0.15, -0.1) is 6.58 Å². The van der Waals surface area contributed by atoms with Gasteiger partial charge >= 0.3 is 5.97 Å². The summed E-state index contributed by atoms with van der Waals surface area (Å²) in [6.45, 7) is 3.82. The minimum atomic E-state index is -0.805. The largest absolute Gasteiger partial charge is 0.481 e. The number of carbonyl (C=O) groups is 2. The Labute approximate surface area is 137 Å². The van der Waals surface area contributed by atoms with Gasteiger partial charge in [-0.3, -0.25) is 9.59 Å². The Hall–Kier alpha value is -2.10. The van der Waals surface area contributed by atoms with Gasteiger partial charge in [0.1, 0.15) is 0 Å². The van der Waals surface area contributed by atoms with Crippen LogP contribution >= 0.6 is 0 Å². The number of carbonyl (C=O) groups excluding carboxylic acids is 1. The number of rotatable bonds is 6. The van der Waals surface area contributed by atoms with Crippen molar-refractivity contribution in [3.8, 4) is 0 Å². The van der Waals surface area contributed by atoms with Gasteiger partial charge in [0, 0.05) is 18.4 Å². The van der Waals surface area contributed by atoms with Crippen molar-refractivity contribution >= 4 is 11.9 Å². The number of nitrogens with one attached hydrogen (secondary N) is 1. The molecule has 0 spiro atoms. The number of amides is 1. The van der Waals surface area contributed by atoms with E-state index in [-0.39, 0.29) is 17.9 Å². The highest BCUT2D eigenvalue weighted by Gasteiger charge is 2.30. The SMILES string of the molecule is C=CC(CC(=O)N[C@H]1CCCCC[C@H]1C(=O)O)c1ccccc1. The van der Waals surface area contributed by atoms with E-state index < -0.39 is 11.9 Å². The van der Waals surface area contributed by atoms with Crippen LogP contribution in [0.5, 0.6) is 0 Å². The number of hydrogen-bond acceptors (Lipinski definition) is 2. The predicted octanol–water partition coefficient (Wildman–Crippen LogP) is 3.50. The first-order chi connectivity index (χ1) is 11.1. The second kappa shape index (κ2) is 8.51. The van der Waals surface area contributed by atoms with Crippen LogP contribution in [0.2, 0.25) is 0 Å². The molecule has 1 saturated carbocycles. The van der Waals surface area contributed by atoms with Gasteiger partial charge in [-0.2, -0.15) is 0 Å². The highest BCUT2D eigenvalue weighted by molar-refractivity contribution is 5.79. The van der Waals surface area contributed by atoms with Crippen LogP contribution in [0.25, 0.3) is 0 Å². The average Bonchev–Trinajstić information content (AvgIpc) is 2.79. The molecule has 23 heavy (non-hydrogen) atoms. The molecule has 0 aromatic heterocycles. The topological polar surface area (TPSA) is 66.4 Å². The van der Waals surface area contributed by atoms with E-state index in [0.29, 0.717) is 12.8 Å². The third-order valence-electron chi connectivity index (χ3n) is 4.60. The van der Waals surface area contributed by atoms with Crippen molar-refractivity contribution in [3.05, 3.63) is 48.6 Å². The summed E-state index contributed by atoms with van der Waals surface area (Å²) in [5.41, 5.74) is 1.05. The van der Waals surface area contributed by atoms with E-state index in [1.807, 2.05) is 30.3 Å². The van der Waals surface area contributed by atoms with E-state index in [1.165, 1.54) is 0 Å². The molecule has 1 aromatic carbocycles. The summed E-state index contributed by atoms with van der Waals surface area (Å²) in [4.78, 5) is 23.8. The van der Waals surface area contributed by atoms with Crippen molar-refractivity contribution in [1.82, 2.24) is 5.32 Å². The lowest BCUT2D eigenvalue weighted by Crippen LogP contribution is -2.43. The molecule has 124 valence electrons. The summed E-state index contributed by atoms with van der Waals surface area (Å²) < 4.78 is 0. The molecule has 1 aliphatic rings. The standard InChI is InChI=1S/C19H25NO3/c1-2-14(15-9-5-3-6-10-15)13-18(21)20-17-12-8-4-7-11-16(17)19(22)23/h2-3,5-6,9-10,14,16-17H,1,4,7-8,11-13H2,(H,20,21)(H,22,23)/t14?,16-,17+/m1/s1. The van der Waals surface area contributed by atoms with Gasteiger partial charge in [-0.1, -0.05) is 55.7 Å². The average molecular weight is 315 g/mol. The van der Waals surface area contributed by atoms with Gasteiger partial charge in [-0.25, -0.2) is 0 Å². The molecule has 0 radical (unpaired) electrons. The number of benzene rings is 1. The van der Waals surface area contributed by atoms with Crippen molar-refractivity contribution in [2.75, 3.05) is 0 Å². The first-order valence-electron chi connectivity index (χ1n) is 8.31. The fraction of sp³-hybridized carbons (Fsp3) is 0.474. The molecule has 1 unspecified atom stereocenters. The Morgan fingerprint density at radius 2 is 1.91 bits per heavy atom. The van der Waals surface area contributed by atoms with Crippen LogP contribution in [-0.2, 0) is 9.59 Å². The van der Waals surface area contributed by atoms with Crippen LogP contribution in [0.15, 0.2) is 43.0 Å². The molecule has 4 heteroatoms. The van der Waals surface area contributed by atoms with E-state index >= 15 is 0 Å². The monoisotopic (exact) mass is 315 g/mol. The quantitative estimate of drug-likeness (QED) is 0.624. The molecule has 1 aliphatic carbocycles. The molecule has 3 atom stereocenters. The second-order valence-electron chi connectivity index (χ2n) is 6.21. The van der Waals surface area contributed by atoms with Gasteiger partial charge < -0.3 is 10.4 Å². The minimum Gasteiger partial charge on any atom is -0.481 e. The van der Waals surface area contributed by atoms with Crippen LogP contribution in [0.4, 0.5) is 0 Å². The first kappa shape index (κ1) is 17.3. The first-order valence-corrected chi connectivity index (χ1v) is 8.31. The number of aliphatic carboxylic acids is 1. The summed E-state index contributed by atoms with van der Waals surface area (Å²) in [5.74, 6) is -1.43. The van der Waals surface area contributed by atoms with Crippen LogP contribution in [-0.4, -0.2) is 23.0 Å². The van der Waals surface area contributed by atoms with E-state index in [0.717, 1.165) is 31.2 Å². The molecule has 2 rings (SSSR count). The second-order valence-corrected chi connectivity index (χ2v) is 6.21. The van der Waals surface area contributed by atoms with Gasteiger partial charge in [0.2, 0.25) is 5.91 Å². The Bertz CT molecular complexity index is 541. The Morgan fingerprint density at radius 1 is 1.22 bits per heavy atom. The van der Waals surface area contributed by atoms with Gasteiger partial charge in [-0.05, 0) is 18.4 Å². The smallest absolute Gasteiger partial charge is 0.308 e. The Balaban J connectivity index is 1.99. The molecule has 0 aliphatic heterocycles. The Kier molecular flexibility index (Phi) is 6.39. The third kappa shape index (κ3) is 4.95. The van der Waals surface area contributed by atoms with Crippen molar-refractivity contribution in [1.29, 1.82) is 0 Å². The van der Waals surface area contributed by atoms with Crippen molar-refractivity contribution in [2.45, 2.75) is 50.5 Å². The van der Waals surface area contributed by atoms with Crippen molar-refractivity contribution in [3.63, 3.8) is 0 Å². The lowest BCUT2D eigenvalue weighted by atomic mass is 9.93. The summed E-state index contributed by atoms with van der Waals surface area (Å²) in [5, 5.41) is 12.3. The number of hydrogen-bond donors (Lipinski definition) is 2. The van der Waals surface area contributed by atoms with E-state index in [2.05, 4.69) is 11.9 Å². The lowest BCUT2D eigenvalue weighted by molar-refractivity contribution is -0.143. The normalized spacial score (nSPS) is 22.6. The highest BCUT2D eigenvalue weighted by atomic mass is 16.4. The van der Waals surface area contributed by atoms with Gasteiger partial charge in [0.25, 0.3) is 0 Å². The van der Waals surface area contributed by atoms with Gasteiger partial charge in [0.05, 0.1) is 5.92 Å². The molecule has 4 nitrogen and oxygen atoms in total. The molecule has 1 amide bonds. The van der Waals surface area contributed by atoms with Crippen LogP contribution in [0, 0.1) is 5.92 Å². The summed E-state index contributed by atoms with van der Waals surface area (Å²) in [7, 11) is 0. The summed E-state index contributed by atoms with van der Waals surface area (Å²) in [6, 6.07) is 9.51. The molecule has 1 fully saturated rings. The molecular formula is C19H25NO3. The predicted molar refractivity (Wildman–Crippen MR) is 90.1 cm³/mol. The molecule has 0 saturated heterocycles. The maximum Gasteiger partial charge on any atom is 0.308 e. The van der Waals surface area contributed by atoms with Crippen molar-refractivity contribution in [2.24, 2.45) is 5.92 Å². The van der Waals surface area contributed by atoms with E-state index in [1.54, 1.807) is 6.08 Å². The van der Waals surface area contributed by atoms with Crippen LogP contribution < -0.4 is 5.32 Å². The number of allylic oxidation sites excluding steroid dienone is 1. The third-order valence-corrected chi connectivity index (χ3v) is 4.60. The zero-order chi connectivity index (χ0) is 16.7. The van der Waals surface area contributed by atoms with Crippen molar-refractivity contribution < 1.29 is 14.7 Å². The molecular weight excluding hydrogens is 290 g/mol. The van der Waals surface area contributed by atoms with Gasteiger partial charge in [0.15, 0.2) is 0 Å². The molecule has 0 bridgehead atoms. The fourth-order valence-corrected chi connectivity index (χ4v) is 3.28. The maximum absolute atomic E-state index is 12.4. The molecule has 2 N–H and O–H groups in total. The van der Waals surface area contributed by atoms with Crippen LogP contribution in [0.1, 0.15) is 50.0 Å². The lowest BCUT2D eigenvalue weighted by Gasteiger charge is -2.24. The van der Waals surface area contributed by atoms with E-state index in [4.69, 9.17) is 0 Å². The zero-order valence-electron chi connectivity index (χ0n) is 13.4. The Morgan fingerprint density at radius 3 is 2.57 bits per heavy atom. The summed E-state index contributed by atoms with van der Waals surface area (Å²) in [6.07, 6.45) is 6.39.